The molecule has 3 fully saturated rings. The van der Waals surface area contributed by atoms with E-state index in [2.05, 4.69) is 14.9 Å². The summed E-state index contributed by atoms with van der Waals surface area (Å²) in [5.74, 6) is 1.31. The molecule has 2 aliphatic heterocycles. The molecule has 1 aromatic heterocycles. The summed E-state index contributed by atoms with van der Waals surface area (Å²) in [5.41, 5.74) is 0. The van der Waals surface area contributed by atoms with E-state index >= 15 is 0 Å². The fourth-order valence-electron chi connectivity index (χ4n) is 4.86. The third-order valence-corrected chi connectivity index (χ3v) is 6.52. The summed E-state index contributed by atoms with van der Waals surface area (Å²) in [6.07, 6.45) is 13.5. The van der Waals surface area contributed by atoms with Gasteiger partial charge in [0.05, 0.1) is 12.1 Å². The van der Waals surface area contributed by atoms with Gasteiger partial charge in [0.15, 0.2) is 0 Å². The SMILES string of the molecule is O=C(C1CCC(=O)N(C2CCCCCC2)C1)N1CCN(c2cnccn2)CC1. The molecule has 1 aromatic rings. The lowest BCUT2D eigenvalue weighted by atomic mass is 9.93. The van der Waals surface area contributed by atoms with Crippen LogP contribution in [0.15, 0.2) is 18.6 Å². The Kier molecular flexibility index (Phi) is 6.07. The van der Waals surface area contributed by atoms with Gasteiger partial charge in [0.1, 0.15) is 5.82 Å². The number of rotatable bonds is 3. The van der Waals surface area contributed by atoms with Crippen molar-refractivity contribution >= 4 is 17.6 Å². The average molecular weight is 386 g/mol. The van der Waals surface area contributed by atoms with Crippen molar-refractivity contribution in [1.29, 1.82) is 0 Å². The number of piperazine rings is 1. The van der Waals surface area contributed by atoms with Crippen LogP contribution in [0.4, 0.5) is 5.82 Å². The molecule has 0 radical (unpaired) electrons. The second-order valence-corrected chi connectivity index (χ2v) is 8.30. The summed E-state index contributed by atoms with van der Waals surface area (Å²) in [5, 5.41) is 0. The van der Waals surface area contributed by atoms with E-state index in [1.807, 2.05) is 9.80 Å². The molecule has 1 aliphatic carbocycles. The first-order valence-corrected chi connectivity index (χ1v) is 10.8. The smallest absolute Gasteiger partial charge is 0.227 e. The van der Waals surface area contributed by atoms with Crippen LogP contribution in [-0.2, 0) is 9.59 Å². The van der Waals surface area contributed by atoms with E-state index in [1.54, 1.807) is 18.6 Å². The summed E-state index contributed by atoms with van der Waals surface area (Å²) in [4.78, 5) is 40.4. The predicted octanol–water partition coefficient (Wildman–Crippen LogP) is 2.09. The number of hydrogen-bond donors (Lipinski definition) is 0. The first-order valence-electron chi connectivity index (χ1n) is 10.8. The number of nitrogens with zero attached hydrogens (tertiary/aromatic N) is 5. The Morgan fingerprint density at radius 3 is 2.39 bits per heavy atom. The van der Waals surface area contributed by atoms with E-state index in [1.165, 1.54) is 25.7 Å². The van der Waals surface area contributed by atoms with Crippen LogP contribution in [0.2, 0.25) is 0 Å². The fourth-order valence-corrected chi connectivity index (χ4v) is 4.86. The minimum absolute atomic E-state index is 0.0379. The number of carbonyl (C=O) groups is 2. The van der Waals surface area contributed by atoms with Gasteiger partial charge in [-0.3, -0.25) is 14.6 Å². The van der Waals surface area contributed by atoms with Gasteiger partial charge in [-0.05, 0) is 19.3 Å². The molecule has 7 heteroatoms. The van der Waals surface area contributed by atoms with Gasteiger partial charge >= 0.3 is 0 Å². The van der Waals surface area contributed by atoms with E-state index in [0.717, 1.165) is 31.7 Å². The van der Waals surface area contributed by atoms with Crippen molar-refractivity contribution < 1.29 is 9.59 Å². The van der Waals surface area contributed by atoms with Crippen LogP contribution in [0.3, 0.4) is 0 Å². The van der Waals surface area contributed by atoms with Crippen molar-refractivity contribution in [3.8, 4) is 0 Å². The highest BCUT2D eigenvalue weighted by Crippen LogP contribution is 2.28. The molecule has 1 unspecified atom stereocenters. The lowest BCUT2D eigenvalue weighted by Gasteiger charge is -2.41. The highest BCUT2D eigenvalue weighted by molar-refractivity contribution is 5.84. The van der Waals surface area contributed by atoms with Crippen LogP contribution >= 0.6 is 0 Å². The predicted molar refractivity (Wildman–Crippen MR) is 107 cm³/mol. The van der Waals surface area contributed by atoms with E-state index in [0.29, 0.717) is 38.5 Å². The number of hydrogen-bond acceptors (Lipinski definition) is 5. The zero-order valence-corrected chi connectivity index (χ0v) is 16.6. The standard InChI is InChI=1S/C21H31N5O2/c27-20-8-7-17(16-26(20)18-5-3-1-2-4-6-18)21(28)25-13-11-24(12-14-25)19-15-22-9-10-23-19/h9-10,15,17-18H,1-8,11-14,16H2. The third-order valence-electron chi connectivity index (χ3n) is 6.52. The second kappa shape index (κ2) is 8.88. The van der Waals surface area contributed by atoms with Gasteiger partial charge in [0.25, 0.3) is 0 Å². The van der Waals surface area contributed by atoms with Crippen LogP contribution in [0, 0.1) is 5.92 Å². The van der Waals surface area contributed by atoms with E-state index in [4.69, 9.17) is 0 Å². The molecular formula is C21H31N5O2. The van der Waals surface area contributed by atoms with Gasteiger partial charge in [-0.25, -0.2) is 4.98 Å². The molecule has 0 N–H and O–H groups in total. The average Bonchev–Trinajstić information content (AvgIpc) is 3.04. The topological polar surface area (TPSA) is 69.6 Å². The number of piperidine rings is 1. The molecule has 0 spiro atoms. The van der Waals surface area contributed by atoms with Gasteiger partial charge in [0, 0.05) is 57.6 Å². The second-order valence-electron chi connectivity index (χ2n) is 8.30. The minimum Gasteiger partial charge on any atom is -0.352 e. The largest absolute Gasteiger partial charge is 0.352 e. The summed E-state index contributed by atoms with van der Waals surface area (Å²) in [6.45, 7) is 3.60. The van der Waals surface area contributed by atoms with E-state index < -0.39 is 0 Å². The number of aromatic nitrogens is 2. The van der Waals surface area contributed by atoms with Crippen molar-refractivity contribution in [2.45, 2.75) is 57.4 Å². The number of amides is 2. The molecular weight excluding hydrogens is 354 g/mol. The normalized spacial score (nSPS) is 24.9. The zero-order chi connectivity index (χ0) is 19.3. The van der Waals surface area contributed by atoms with Crippen molar-refractivity contribution in [1.82, 2.24) is 19.8 Å². The van der Waals surface area contributed by atoms with Crippen molar-refractivity contribution in [3.63, 3.8) is 0 Å². The Balaban J connectivity index is 1.33. The Morgan fingerprint density at radius 2 is 1.71 bits per heavy atom. The number of likely N-dealkylation sites (tertiary alicyclic amines) is 1. The Morgan fingerprint density at radius 1 is 0.964 bits per heavy atom. The molecule has 1 saturated carbocycles. The van der Waals surface area contributed by atoms with Crippen molar-refractivity contribution in [2.24, 2.45) is 5.92 Å². The Bertz CT molecular complexity index is 667. The maximum absolute atomic E-state index is 13.1. The van der Waals surface area contributed by atoms with Gasteiger partial charge in [-0.15, -0.1) is 0 Å². The molecule has 7 nitrogen and oxygen atoms in total. The quantitative estimate of drug-likeness (QED) is 0.745. The highest BCUT2D eigenvalue weighted by Gasteiger charge is 2.36. The lowest BCUT2D eigenvalue weighted by Crippen LogP contribution is -2.54. The molecule has 3 heterocycles. The summed E-state index contributed by atoms with van der Waals surface area (Å²) in [7, 11) is 0. The number of carbonyl (C=O) groups excluding carboxylic acids is 2. The highest BCUT2D eigenvalue weighted by atomic mass is 16.2. The van der Waals surface area contributed by atoms with Crippen molar-refractivity contribution in [3.05, 3.63) is 18.6 Å². The molecule has 3 aliphatic rings. The molecule has 2 saturated heterocycles. The van der Waals surface area contributed by atoms with Gasteiger partial charge < -0.3 is 14.7 Å². The van der Waals surface area contributed by atoms with Gasteiger partial charge in [-0.1, -0.05) is 25.7 Å². The third kappa shape index (κ3) is 4.28. The molecule has 4 rings (SSSR count). The maximum Gasteiger partial charge on any atom is 0.227 e. The molecule has 1 atom stereocenters. The van der Waals surface area contributed by atoms with Crippen molar-refractivity contribution in [2.75, 3.05) is 37.6 Å². The van der Waals surface area contributed by atoms with Gasteiger partial charge in [-0.2, -0.15) is 0 Å². The summed E-state index contributed by atoms with van der Waals surface area (Å²) in [6, 6.07) is 0.346. The maximum atomic E-state index is 13.1. The van der Waals surface area contributed by atoms with Crippen LogP contribution < -0.4 is 4.90 Å². The Hall–Kier alpha value is -2.18. The summed E-state index contributed by atoms with van der Waals surface area (Å²) < 4.78 is 0. The minimum atomic E-state index is -0.0379. The molecule has 28 heavy (non-hydrogen) atoms. The zero-order valence-electron chi connectivity index (χ0n) is 16.6. The van der Waals surface area contributed by atoms with Crippen LogP contribution in [-0.4, -0.2) is 70.3 Å². The fraction of sp³-hybridized carbons (Fsp3) is 0.714. The van der Waals surface area contributed by atoms with E-state index in [-0.39, 0.29) is 17.7 Å². The van der Waals surface area contributed by atoms with Crippen LogP contribution in [0.25, 0.3) is 0 Å². The Labute approximate surface area is 167 Å². The van der Waals surface area contributed by atoms with Gasteiger partial charge in [0.2, 0.25) is 11.8 Å². The van der Waals surface area contributed by atoms with Crippen LogP contribution in [0.1, 0.15) is 51.4 Å². The first-order chi connectivity index (χ1) is 13.7. The van der Waals surface area contributed by atoms with E-state index in [9.17, 15) is 9.59 Å². The molecule has 0 bridgehead atoms. The molecule has 152 valence electrons. The number of anilines is 1. The monoisotopic (exact) mass is 385 g/mol. The van der Waals surface area contributed by atoms with Crippen LogP contribution in [0.5, 0.6) is 0 Å². The lowest BCUT2D eigenvalue weighted by molar-refractivity contribution is -0.145. The first kappa shape index (κ1) is 19.2. The summed E-state index contributed by atoms with van der Waals surface area (Å²) >= 11 is 0. The molecule has 2 amide bonds. The molecule has 0 aromatic carbocycles.